The summed E-state index contributed by atoms with van der Waals surface area (Å²) in [6.07, 6.45) is 9.86. The molecule has 0 radical (unpaired) electrons. The van der Waals surface area contributed by atoms with E-state index in [0.717, 1.165) is 45.4 Å². The Hall–Kier alpha value is -0.910. The number of likely N-dealkylation sites (N-methyl/N-ethyl adjacent to an activating group) is 1. The highest BCUT2D eigenvalue weighted by atomic mass is 16.3. The van der Waals surface area contributed by atoms with Crippen LogP contribution in [0, 0.1) is 0 Å². The summed E-state index contributed by atoms with van der Waals surface area (Å²) in [6, 6.07) is 0.359. The van der Waals surface area contributed by atoms with Gasteiger partial charge in [0.2, 0.25) is 0 Å². The number of nitrogens with zero attached hydrogens (tertiary/aromatic N) is 4. The predicted molar refractivity (Wildman–Crippen MR) is 92.2 cm³/mol. The molecule has 2 fully saturated rings. The lowest BCUT2D eigenvalue weighted by atomic mass is 9.79. The largest absolute Gasteiger partial charge is 0.387 e. The highest BCUT2D eigenvalue weighted by Gasteiger charge is 2.44. The Labute approximate surface area is 140 Å². The molecule has 130 valence electrons. The van der Waals surface area contributed by atoms with Crippen molar-refractivity contribution in [2.45, 2.75) is 70.7 Å². The lowest BCUT2D eigenvalue weighted by Crippen LogP contribution is -2.62. The third-order valence-electron chi connectivity index (χ3n) is 5.65. The molecule has 1 aromatic rings. The quantitative estimate of drug-likeness (QED) is 0.872. The van der Waals surface area contributed by atoms with Gasteiger partial charge in [-0.05, 0) is 52.2 Å². The summed E-state index contributed by atoms with van der Waals surface area (Å²) >= 11 is 0. The molecule has 2 saturated heterocycles. The van der Waals surface area contributed by atoms with Crippen LogP contribution in [0.1, 0.15) is 51.5 Å². The van der Waals surface area contributed by atoms with Crippen LogP contribution in [0.5, 0.6) is 0 Å². The number of rotatable bonds is 6. The van der Waals surface area contributed by atoms with Gasteiger partial charge < -0.3 is 5.11 Å². The standard InChI is InChI=1S/C18H32N4O/c1-3-20(13-16-12-19-22(4-2)14-16)15-18(23)9-7-11-21-10-6-5-8-17(18)21/h12,14,17,23H,3-11,13,15H2,1-2H3/t17-,18-/m1/s1. The minimum absolute atomic E-state index is 0.359. The van der Waals surface area contributed by atoms with Crippen LogP contribution in [0.15, 0.2) is 12.4 Å². The molecule has 2 aliphatic rings. The molecule has 5 heteroatoms. The van der Waals surface area contributed by atoms with E-state index in [-0.39, 0.29) is 0 Å². The van der Waals surface area contributed by atoms with E-state index >= 15 is 0 Å². The zero-order valence-corrected chi connectivity index (χ0v) is 14.7. The molecule has 0 unspecified atom stereocenters. The van der Waals surface area contributed by atoms with Crippen LogP contribution in [-0.4, -0.2) is 62.5 Å². The van der Waals surface area contributed by atoms with Crippen LogP contribution in [0.3, 0.4) is 0 Å². The van der Waals surface area contributed by atoms with Gasteiger partial charge in [0, 0.05) is 37.4 Å². The van der Waals surface area contributed by atoms with E-state index in [9.17, 15) is 5.11 Å². The third-order valence-corrected chi connectivity index (χ3v) is 5.65. The van der Waals surface area contributed by atoms with Crippen LogP contribution < -0.4 is 0 Å². The number of fused-ring (bicyclic) bond motifs is 1. The second-order valence-electron chi connectivity index (χ2n) is 7.26. The second-order valence-corrected chi connectivity index (χ2v) is 7.26. The molecule has 2 aliphatic heterocycles. The summed E-state index contributed by atoms with van der Waals surface area (Å²) in [4.78, 5) is 4.92. The summed E-state index contributed by atoms with van der Waals surface area (Å²) < 4.78 is 1.97. The zero-order chi connectivity index (χ0) is 16.3. The fourth-order valence-corrected chi connectivity index (χ4v) is 4.39. The molecule has 0 bridgehead atoms. The monoisotopic (exact) mass is 320 g/mol. The molecule has 23 heavy (non-hydrogen) atoms. The van der Waals surface area contributed by atoms with E-state index in [2.05, 4.69) is 34.9 Å². The van der Waals surface area contributed by atoms with Crippen molar-refractivity contribution in [1.82, 2.24) is 19.6 Å². The number of hydrogen-bond acceptors (Lipinski definition) is 4. The first-order valence-corrected chi connectivity index (χ1v) is 9.34. The van der Waals surface area contributed by atoms with E-state index in [0.29, 0.717) is 6.04 Å². The maximum atomic E-state index is 11.4. The number of piperidine rings is 2. The van der Waals surface area contributed by atoms with Crippen molar-refractivity contribution in [2.75, 3.05) is 26.2 Å². The molecule has 0 amide bonds. The first kappa shape index (κ1) is 16.9. The van der Waals surface area contributed by atoms with E-state index in [1.165, 1.54) is 31.5 Å². The molecule has 1 N–H and O–H groups in total. The topological polar surface area (TPSA) is 44.5 Å². The zero-order valence-electron chi connectivity index (χ0n) is 14.7. The summed E-state index contributed by atoms with van der Waals surface area (Å²) in [5, 5.41) is 15.8. The van der Waals surface area contributed by atoms with Crippen molar-refractivity contribution in [1.29, 1.82) is 0 Å². The molecule has 0 aromatic carbocycles. The first-order chi connectivity index (χ1) is 11.1. The molecule has 3 heterocycles. The average Bonchev–Trinajstić information content (AvgIpc) is 3.02. The van der Waals surface area contributed by atoms with Crippen molar-refractivity contribution in [3.8, 4) is 0 Å². The van der Waals surface area contributed by atoms with Crippen LogP contribution in [-0.2, 0) is 13.1 Å². The molecule has 1 aromatic heterocycles. The number of aryl methyl sites for hydroxylation is 1. The highest BCUT2D eigenvalue weighted by Crippen LogP contribution is 2.34. The van der Waals surface area contributed by atoms with Gasteiger partial charge in [-0.2, -0.15) is 5.10 Å². The van der Waals surface area contributed by atoms with Crippen molar-refractivity contribution < 1.29 is 5.11 Å². The van der Waals surface area contributed by atoms with Crippen LogP contribution >= 0.6 is 0 Å². The molecule has 3 rings (SSSR count). The van der Waals surface area contributed by atoms with Gasteiger partial charge in [0.05, 0.1) is 11.8 Å². The summed E-state index contributed by atoms with van der Waals surface area (Å²) in [5.74, 6) is 0. The second kappa shape index (κ2) is 7.32. The summed E-state index contributed by atoms with van der Waals surface area (Å²) in [6.45, 7) is 10.2. The van der Waals surface area contributed by atoms with Crippen molar-refractivity contribution in [3.05, 3.63) is 18.0 Å². The van der Waals surface area contributed by atoms with Crippen LogP contribution in [0.4, 0.5) is 0 Å². The molecule has 0 aliphatic carbocycles. The number of aromatic nitrogens is 2. The fourth-order valence-electron chi connectivity index (χ4n) is 4.39. The lowest BCUT2D eigenvalue weighted by molar-refractivity contribution is -0.109. The van der Waals surface area contributed by atoms with Gasteiger partial charge in [-0.3, -0.25) is 14.5 Å². The van der Waals surface area contributed by atoms with Crippen molar-refractivity contribution in [2.24, 2.45) is 0 Å². The SMILES string of the molecule is CCN(Cc1cnn(CC)c1)C[C@]1(O)CCCN2CCCC[C@@H]21. The number of hydrogen-bond donors (Lipinski definition) is 1. The van der Waals surface area contributed by atoms with E-state index in [4.69, 9.17) is 0 Å². The molecular formula is C18H32N4O. The van der Waals surface area contributed by atoms with Gasteiger partial charge >= 0.3 is 0 Å². The smallest absolute Gasteiger partial charge is 0.0928 e. The Kier molecular flexibility index (Phi) is 5.39. The molecule has 0 spiro atoms. The van der Waals surface area contributed by atoms with Crippen molar-refractivity contribution >= 4 is 0 Å². The van der Waals surface area contributed by atoms with Gasteiger partial charge in [0.15, 0.2) is 0 Å². The highest BCUT2D eigenvalue weighted by molar-refractivity contribution is 5.05. The first-order valence-electron chi connectivity index (χ1n) is 9.34. The lowest BCUT2D eigenvalue weighted by Gasteiger charge is -2.50. The normalized spacial score (nSPS) is 29.0. The van der Waals surface area contributed by atoms with Gasteiger partial charge in [-0.1, -0.05) is 13.3 Å². The maximum Gasteiger partial charge on any atom is 0.0928 e. The predicted octanol–water partition coefficient (Wildman–Crippen LogP) is 2.10. The van der Waals surface area contributed by atoms with E-state index in [1.54, 1.807) is 0 Å². The minimum atomic E-state index is -0.546. The molecular weight excluding hydrogens is 288 g/mol. The van der Waals surface area contributed by atoms with Crippen molar-refractivity contribution in [3.63, 3.8) is 0 Å². The Morgan fingerprint density at radius 3 is 2.87 bits per heavy atom. The molecule has 5 nitrogen and oxygen atoms in total. The average molecular weight is 320 g/mol. The maximum absolute atomic E-state index is 11.4. The Morgan fingerprint density at radius 1 is 1.30 bits per heavy atom. The molecule has 2 atom stereocenters. The summed E-state index contributed by atoms with van der Waals surface area (Å²) in [5.41, 5.74) is 0.698. The van der Waals surface area contributed by atoms with Gasteiger partial charge in [0.25, 0.3) is 0 Å². The van der Waals surface area contributed by atoms with Crippen LogP contribution in [0.2, 0.25) is 0 Å². The minimum Gasteiger partial charge on any atom is -0.387 e. The number of aliphatic hydroxyl groups is 1. The van der Waals surface area contributed by atoms with E-state index in [1.807, 2.05) is 10.9 Å². The third kappa shape index (κ3) is 3.78. The van der Waals surface area contributed by atoms with Crippen LogP contribution in [0.25, 0.3) is 0 Å². The Bertz CT molecular complexity index is 501. The Morgan fingerprint density at radius 2 is 2.13 bits per heavy atom. The Balaban J connectivity index is 1.66. The summed E-state index contributed by atoms with van der Waals surface area (Å²) in [7, 11) is 0. The van der Waals surface area contributed by atoms with Gasteiger partial charge in [0.1, 0.15) is 0 Å². The van der Waals surface area contributed by atoms with Gasteiger partial charge in [-0.15, -0.1) is 0 Å². The van der Waals surface area contributed by atoms with Gasteiger partial charge in [-0.25, -0.2) is 0 Å². The molecule has 0 saturated carbocycles. The fraction of sp³-hybridized carbons (Fsp3) is 0.833. The van der Waals surface area contributed by atoms with E-state index < -0.39 is 5.60 Å².